The molecular weight excluding hydrogens is 321 g/mol. The molecule has 1 rings (SSSR count). The van der Waals surface area contributed by atoms with Gasteiger partial charge in [-0.25, -0.2) is 0 Å². The third kappa shape index (κ3) is 5.82. The fraction of sp³-hybridized carbons (Fsp3) is 0.538. The van der Waals surface area contributed by atoms with Crippen molar-refractivity contribution in [2.45, 2.75) is 32.5 Å². The van der Waals surface area contributed by atoms with Gasteiger partial charge in [0.1, 0.15) is 0 Å². The van der Waals surface area contributed by atoms with E-state index in [4.69, 9.17) is 0 Å². The summed E-state index contributed by atoms with van der Waals surface area (Å²) < 4.78 is 38.2. The second-order valence-corrected chi connectivity index (χ2v) is 6.15. The molecule has 2 N–H and O–H groups in total. The van der Waals surface area contributed by atoms with Crippen LogP contribution in [-0.4, -0.2) is 18.6 Å². The normalized spacial score (nSPS) is 12.6. The topological polar surface area (TPSA) is 24.1 Å². The van der Waals surface area contributed by atoms with Gasteiger partial charge < -0.3 is 10.6 Å². The van der Waals surface area contributed by atoms with Gasteiger partial charge in [0.2, 0.25) is 0 Å². The average molecular weight is 339 g/mol. The van der Waals surface area contributed by atoms with Crippen LogP contribution in [0.4, 0.5) is 18.9 Å². The monoisotopic (exact) mass is 338 g/mol. The van der Waals surface area contributed by atoms with Crippen molar-refractivity contribution >= 4 is 21.6 Å². The van der Waals surface area contributed by atoms with Gasteiger partial charge in [0.05, 0.1) is 5.56 Å². The first-order valence-corrected chi connectivity index (χ1v) is 6.74. The van der Waals surface area contributed by atoms with Crippen molar-refractivity contribution in [1.29, 1.82) is 0 Å². The molecule has 0 amide bonds. The van der Waals surface area contributed by atoms with Crippen molar-refractivity contribution in [3.8, 4) is 0 Å². The van der Waals surface area contributed by atoms with E-state index in [1.165, 1.54) is 6.07 Å². The van der Waals surface area contributed by atoms with Crippen molar-refractivity contribution in [3.63, 3.8) is 0 Å². The van der Waals surface area contributed by atoms with Gasteiger partial charge in [-0.2, -0.15) is 13.2 Å². The molecule has 0 saturated carbocycles. The van der Waals surface area contributed by atoms with Crippen LogP contribution >= 0.6 is 15.9 Å². The Balaban J connectivity index is 2.61. The van der Waals surface area contributed by atoms with Gasteiger partial charge in [-0.05, 0) is 39.0 Å². The maximum absolute atomic E-state index is 12.7. The zero-order valence-electron chi connectivity index (χ0n) is 11.2. The summed E-state index contributed by atoms with van der Waals surface area (Å²) in [6, 6.07) is 4.14. The van der Waals surface area contributed by atoms with Crippen LogP contribution in [0.5, 0.6) is 0 Å². The first-order valence-electron chi connectivity index (χ1n) is 5.95. The third-order valence-electron chi connectivity index (χ3n) is 2.38. The van der Waals surface area contributed by atoms with E-state index >= 15 is 0 Å². The molecule has 108 valence electrons. The second kappa shape index (κ2) is 6.13. The molecule has 0 radical (unpaired) electrons. The second-order valence-electron chi connectivity index (χ2n) is 5.30. The molecule has 0 aliphatic carbocycles. The maximum Gasteiger partial charge on any atom is 0.417 e. The van der Waals surface area contributed by atoms with E-state index in [0.29, 0.717) is 18.8 Å². The predicted molar refractivity (Wildman–Crippen MR) is 75.4 cm³/mol. The fourth-order valence-electron chi connectivity index (χ4n) is 1.50. The lowest BCUT2D eigenvalue weighted by Gasteiger charge is -2.21. The van der Waals surface area contributed by atoms with Crippen LogP contribution in [0.3, 0.4) is 0 Å². The van der Waals surface area contributed by atoms with E-state index in [-0.39, 0.29) is 10.0 Å². The number of anilines is 1. The third-order valence-corrected chi connectivity index (χ3v) is 3.07. The highest BCUT2D eigenvalue weighted by Gasteiger charge is 2.33. The molecule has 0 aliphatic rings. The Bertz CT molecular complexity index is 425. The molecule has 6 heteroatoms. The summed E-state index contributed by atoms with van der Waals surface area (Å²) in [5, 5.41) is 6.23. The van der Waals surface area contributed by atoms with Crippen molar-refractivity contribution in [3.05, 3.63) is 28.2 Å². The molecule has 0 spiro atoms. The van der Waals surface area contributed by atoms with Gasteiger partial charge in [-0.3, -0.25) is 0 Å². The van der Waals surface area contributed by atoms with Gasteiger partial charge in [-0.15, -0.1) is 0 Å². The van der Waals surface area contributed by atoms with E-state index in [2.05, 4.69) is 26.6 Å². The predicted octanol–water partition coefficient (Wildman–Crippen LogP) is 4.27. The quantitative estimate of drug-likeness (QED) is 0.801. The highest BCUT2D eigenvalue weighted by molar-refractivity contribution is 9.10. The van der Waals surface area contributed by atoms with E-state index < -0.39 is 11.7 Å². The highest BCUT2D eigenvalue weighted by atomic mass is 79.9. The molecule has 0 saturated heterocycles. The minimum atomic E-state index is -4.35. The van der Waals surface area contributed by atoms with Gasteiger partial charge in [0.25, 0.3) is 0 Å². The SMILES string of the molecule is CC(C)(C)NCCNc1ccc(Br)c(C(F)(F)F)c1. The highest BCUT2D eigenvalue weighted by Crippen LogP contribution is 2.36. The lowest BCUT2D eigenvalue weighted by atomic mass is 10.1. The Labute approximate surface area is 119 Å². The maximum atomic E-state index is 12.7. The van der Waals surface area contributed by atoms with E-state index in [1.807, 2.05) is 20.8 Å². The molecule has 0 aromatic heterocycles. The molecule has 1 aromatic carbocycles. The summed E-state index contributed by atoms with van der Waals surface area (Å²) in [6.07, 6.45) is -4.35. The van der Waals surface area contributed by atoms with Crippen LogP contribution in [0.1, 0.15) is 26.3 Å². The van der Waals surface area contributed by atoms with Gasteiger partial charge in [-0.1, -0.05) is 15.9 Å². The van der Waals surface area contributed by atoms with Crippen LogP contribution < -0.4 is 10.6 Å². The number of rotatable bonds is 4. The van der Waals surface area contributed by atoms with E-state index in [9.17, 15) is 13.2 Å². The number of hydrogen-bond donors (Lipinski definition) is 2. The molecule has 1 aromatic rings. The van der Waals surface area contributed by atoms with Crippen LogP contribution in [0, 0.1) is 0 Å². The number of halogens is 4. The molecule has 0 fully saturated rings. The lowest BCUT2D eigenvalue weighted by molar-refractivity contribution is -0.138. The molecule has 0 atom stereocenters. The lowest BCUT2D eigenvalue weighted by Crippen LogP contribution is -2.38. The average Bonchev–Trinajstić information content (AvgIpc) is 2.23. The minimum Gasteiger partial charge on any atom is -0.384 e. The Hall–Kier alpha value is -0.750. The Morgan fingerprint density at radius 3 is 2.26 bits per heavy atom. The van der Waals surface area contributed by atoms with Crippen LogP contribution in [-0.2, 0) is 6.18 Å². The first kappa shape index (κ1) is 16.3. The molecule has 0 bridgehead atoms. The van der Waals surface area contributed by atoms with E-state index in [0.717, 1.165) is 6.07 Å². The first-order chi connectivity index (χ1) is 8.59. The summed E-state index contributed by atoms with van der Waals surface area (Å²) in [7, 11) is 0. The molecule has 0 unspecified atom stereocenters. The van der Waals surface area contributed by atoms with E-state index in [1.54, 1.807) is 6.07 Å². The van der Waals surface area contributed by atoms with Crippen LogP contribution in [0.2, 0.25) is 0 Å². The van der Waals surface area contributed by atoms with Gasteiger partial charge in [0, 0.05) is 28.8 Å². The van der Waals surface area contributed by atoms with Crippen molar-refractivity contribution < 1.29 is 13.2 Å². The van der Waals surface area contributed by atoms with Crippen molar-refractivity contribution in [2.24, 2.45) is 0 Å². The zero-order valence-corrected chi connectivity index (χ0v) is 12.7. The van der Waals surface area contributed by atoms with Crippen molar-refractivity contribution in [1.82, 2.24) is 5.32 Å². The van der Waals surface area contributed by atoms with Crippen LogP contribution in [0.25, 0.3) is 0 Å². The molecular formula is C13H18BrF3N2. The van der Waals surface area contributed by atoms with Gasteiger partial charge >= 0.3 is 6.18 Å². The Morgan fingerprint density at radius 2 is 1.74 bits per heavy atom. The molecule has 2 nitrogen and oxygen atoms in total. The minimum absolute atomic E-state index is 0.00146. The molecule has 19 heavy (non-hydrogen) atoms. The number of alkyl halides is 3. The van der Waals surface area contributed by atoms with Crippen LogP contribution in [0.15, 0.2) is 22.7 Å². The Kier molecular flexibility index (Phi) is 5.26. The molecule has 0 heterocycles. The summed E-state index contributed by atoms with van der Waals surface area (Å²) >= 11 is 2.91. The summed E-state index contributed by atoms with van der Waals surface area (Å²) in [4.78, 5) is 0. The summed E-state index contributed by atoms with van der Waals surface area (Å²) in [5.41, 5.74) is -0.203. The fourth-order valence-corrected chi connectivity index (χ4v) is 1.97. The number of hydrogen-bond acceptors (Lipinski definition) is 2. The number of nitrogens with one attached hydrogen (secondary N) is 2. The standard InChI is InChI=1S/C13H18BrF3N2/c1-12(2,3)19-7-6-18-9-4-5-11(14)10(8-9)13(15,16)17/h4-5,8,18-19H,6-7H2,1-3H3. The summed E-state index contributed by atoms with van der Waals surface area (Å²) in [6.45, 7) is 7.36. The zero-order chi connectivity index (χ0) is 14.7. The Morgan fingerprint density at radius 1 is 1.11 bits per heavy atom. The molecule has 0 aliphatic heterocycles. The summed E-state index contributed by atoms with van der Waals surface area (Å²) in [5.74, 6) is 0. The smallest absolute Gasteiger partial charge is 0.384 e. The number of benzene rings is 1. The largest absolute Gasteiger partial charge is 0.417 e. The van der Waals surface area contributed by atoms with Gasteiger partial charge in [0.15, 0.2) is 0 Å². The van der Waals surface area contributed by atoms with Crippen molar-refractivity contribution in [2.75, 3.05) is 18.4 Å².